The third-order valence-corrected chi connectivity index (χ3v) is 2.50. The van der Waals surface area contributed by atoms with E-state index in [2.05, 4.69) is 26.5 Å². The first-order valence-corrected chi connectivity index (χ1v) is 5.25. The fraction of sp³-hybridized carbons (Fsp3) is 0. The molecule has 1 aromatic carbocycles. The molecule has 0 aliphatic carbocycles. The Bertz CT molecular complexity index is 491. The van der Waals surface area contributed by atoms with Gasteiger partial charge in [0.25, 0.3) is 0 Å². The monoisotopic (exact) mass is 299 g/mol. The molecule has 1 rings (SSSR count). The fourth-order valence-corrected chi connectivity index (χ4v) is 1.35. The molecule has 0 heterocycles. The topological polar surface area (TPSA) is 98.0 Å². The average molecular weight is 301 g/mol. The first-order chi connectivity index (χ1) is 7.54. The summed E-state index contributed by atoms with van der Waals surface area (Å²) >= 11 is 9.07. The summed E-state index contributed by atoms with van der Waals surface area (Å²) in [5.41, 5.74) is 8.13. The summed E-state index contributed by atoms with van der Waals surface area (Å²) in [5.74, 6) is -0.395. The van der Waals surface area contributed by atoms with Gasteiger partial charge in [0, 0.05) is 9.50 Å². The zero-order valence-corrected chi connectivity index (χ0v) is 10.3. The lowest BCUT2D eigenvalue weighted by atomic mass is 10.3. The number of hydrazone groups is 1. The largest absolute Gasteiger partial charge is 0.382 e. The summed E-state index contributed by atoms with van der Waals surface area (Å²) in [4.78, 5) is 0. The van der Waals surface area contributed by atoms with Gasteiger partial charge in [0.15, 0.2) is 5.84 Å². The summed E-state index contributed by atoms with van der Waals surface area (Å²) in [6.45, 7) is 0. The molecule has 16 heavy (non-hydrogen) atoms. The minimum absolute atomic E-state index is 0.188. The molecule has 0 saturated carbocycles. The van der Waals surface area contributed by atoms with Crippen LogP contribution in [0.5, 0.6) is 0 Å². The zero-order valence-electron chi connectivity index (χ0n) is 7.96. The number of nitriles is 1. The molecule has 4 N–H and O–H groups in total. The maximum absolute atomic E-state index is 8.62. The van der Waals surface area contributed by atoms with Gasteiger partial charge in [-0.2, -0.15) is 10.4 Å². The molecule has 82 valence electrons. The number of amidine groups is 1. The van der Waals surface area contributed by atoms with Crippen LogP contribution in [0.4, 0.5) is 5.69 Å². The number of benzene rings is 1. The standard InChI is InChI=1S/C9H7BrClN5/c10-6-2-1-5(11)3-7(6)15-16-8(4-12)9(13)14/h1-3,15H,(H3,13,14)/b16-8+. The lowest BCUT2D eigenvalue weighted by Gasteiger charge is -2.04. The predicted molar refractivity (Wildman–Crippen MR) is 67.7 cm³/mol. The third-order valence-electron chi connectivity index (χ3n) is 1.58. The van der Waals surface area contributed by atoms with Gasteiger partial charge >= 0.3 is 0 Å². The molecular weight excluding hydrogens is 293 g/mol. The van der Waals surface area contributed by atoms with Crippen molar-refractivity contribution >= 4 is 44.8 Å². The van der Waals surface area contributed by atoms with Crippen molar-refractivity contribution < 1.29 is 0 Å². The van der Waals surface area contributed by atoms with Gasteiger partial charge in [0.1, 0.15) is 6.07 Å². The molecule has 0 saturated heterocycles. The summed E-state index contributed by atoms with van der Waals surface area (Å²) in [6, 6.07) is 6.77. The van der Waals surface area contributed by atoms with E-state index in [0.717, 1.165) is 4.47 Å². The van der Waals surface area contributed by atoms with E-state index in [-0.39, 0.29) is 5.71 Å². The Morgan fingerprint density at radius 2 is 2.31 bits per heavy atom. The second-order valence-corrected chi connectivity index (χ2v) is 4.01. The zero-order chi connectivity index (χ0) is 12.1. The van der Waals surface area contributed by atoms with Gasteiger partial charge in [0.2, 0.25) is 5.71 Å². The van der Waals surface area contributed by atoms with Crippen LogP contribution in [-0.4, -0.2) is 11.5 Å². The number of hydrogen-bond acceptors (Lipinski definition) is 4. The highest BCUT2D eigenvalue weighted by molar-refractivity contribution is 9.10. The molecule has 1 aromatic rings. The van der Waals surface area contributed by atoms with Crippen molar-refractivity contribution in [3.05, 3.63) is 27.7 Å². The minimum atomic E-state index is -0.395. The summed E-state index contributed by atoms with van der Waals surface area (Å²) in [6.07, 6.45) is 0. The fourth-order valence-electron chi connectivity index (χ4n) is 0.845. The first-order valence-electron chi connectivity index (χ1n) is 4.08. The number of nitrogens with one attached hydrogen (secondary N) is 2. The van der Waals surface area contributed by atoms with Crippen molar-refractivity contribution in [2.45, 2.75) is 0 Å². The number of hydrogen-bond donors (Lipinski definition) is 3. The molecule has 0 aromatic heterocycles. The van der Waals surface area contributed by atoms with Crippen LogP contribution in [0.2, 0.25) is 5.02 Å². The van der Waals surface area contributed by atoms with Crippen molar-refractivity contribution in [3.8, 4) is 6.07 Å². The number of nitrogens with zero attached hydrogens (tertiary/aromatic N) is 2. The van der Waals surface area contributed by atoms with E-state index in [1.54, 1.807) is 24.3 Å². The van der Waals surface area contributed by atoms with E-state index in [1.807, 2.05) is 0 Å². The molecule has 0 spiro atoms. The van der Waals surface area contributed by atoms with E-state index in [9.17, 15) is 0 Å². The van der Waals surface area contributed by atoms with Crippen molar-refractivity contribution in [2.75, 3.05) is 5.43 Å². The Kier molecular flexibility index (Phi) is 4.28. The maximum Gasteiger partial charge on any atom is 0.201 e. The molecule has 0 radical (unpaired) electrons. The normalized spacial score (nSPS) is 10.7. The smallest absolute Gasteiger partial charge is 0.201 e. The summed E-state index contributed by atoms with van der Waals surface area (Å²) in [5, 5.41) is 19.9. The van der Waals surface area contributed by atoms with Crippen LogP contribution in [0.1, 0.15) is 0 Å². The quantitative estimate of drug-likeness (QED) is 0.454. The molecule has 0 aliphatic heterocycles. The Labute approximate surface area is 106 Å². The van der Waals surface area contributed by atoms with Crippen LogP contribution < -0.4 is 11.2 Å². The lowest BCUT2D eigenvalue weighted by molar-refractivity contribution is 1.32. The Balaban J connectivity index is 2.94. The molecule has 0 unspecified atom stereocenters. The first kappa shape index (κ1) is 12.5. The molecule has 0 amide bonds. The van der Waals surface area contributed by atoms with Gasteiger partial charge < -0.3 is 5.73 Å². The summed E-state index contributed by atoms with van der Waals surface area (Å²) in [7, 11) is 0. The number of nitrogens with two attached hydrogens (primary N) is 1. The molecule has 5 nitrogen and oxygen atoms in total. The highest BCUT2D eigenvalue weighted by Gasteiger charge is 2.03. The van der Waals surface area contributed by atoms with Crippen LogP contribution in [-0.2, 0) is 0 Å². The van der Waals surface area contributed by atoms with E-state index in [1.165, 1.54) is 0 Å². The highest BCUT2D eigenvalue weighted by atomic mass is 79.9. The van der Waals surface area contributed by atoms with Gasteiger partial charge in [-0.15, -0.1) is 0 Å². The SMILES string of the molecule is N#C/C(=N\Nc1cc(Cl)ccc1Br)C(=N)N. The minimum Gasteiger partial charge on any atom is -0.382 e. The third kappa shape index (κ3) is 3.22. The van der Waals surface area contributed by atoms with Crippen molar-refractivity contribution in [1.29, 1.82) is 10.7 Å². The Morgan fingerprint density at radius 3 is 2.88 bits per heavy atom. The molecule has 0 aliphatic rings. The van der Waals surface area contributed by atoms with Gasteiger partial charge in [-0.25, -0.2) is 0 Å². The van der Waals surface area contributed by atoms with Crippen LogP contribution in [0.3, 0.4) is 0 Å². The van der Waals surface area contributed by atoms with Crippen molar-refractivity contribution in [1.82, 2.24) is 0 Å². The second-order valence-electron chi connectivity index (χ2n) is 2.72. The molecule has 0 bridgehead atoms. The maximum atomic E-state index is 8.62. The van der Waals surface area contributed by atoms with E-state index in [4.69, 9.17) is 28.0 Å². The second kappa shape index (κ2) is 5.49. The van der Waals surface area contributed by atoms with Crippen molar-refractivity contribution in [2.24, 2.45) is 10.8 Å². The van der Waals surface area contributed by atoms with Crippen LogP contribution >= 0.6 is 27.5 Å². The van der Waals surface area contributed by atoms with Gasteiger partial charge in [-0.05, 0) is 34.1 Å². The van der Waals surface area contributed by atoms with Crippen LogP contribution in [0, 0.1) is 16.7 Å². The van der Waals surface area contributed by atoms with Gasteiger partial charge in [0.05, 0.1) is 5.69 Å². The lowest BCUT2D eigenvalue weighted by Crippen LogP contribution is -2.21. The summed E-state index contributed by atoms with van der Waals surface area (Å²) < 4.78 is 0.737. The van der Waals surface area contributed by atoms with Gasteiger partial charge in [-0.3, -0.25) is 10.8 Å². The predicted octanol–water partition coefficient (Wildman–Crippen LogP) is 2.33. The number of rotatable bonds is 3. The molecule has 0 atom stereocenters. The average Bonchev–Trinajstić information content (AvgIpc) is 2.23. The van der Waals surface area contributed by atoms with Gasteiger partial charge in [-0.1, -0.05) is 11.6 Å². The molecule has 7 heteroatoms. The van der Waals surface area contributed by atoms with Crippen molar-refractivity contribution in [3.63, 3.8) is 0 Å². The molecular formula is C9H7BrClN5. The number of halogens is 2. The van der Waals surface area contributed by atoms with E-state index < -0.39 is 5.84 Å². The van der Waals surface area contributed by atoms with E-state index in [0.29, 0.717) is 10.7 Å². The Hall–Kier alpha value is -1.58. The molecule has 0 fully saturated rings. The van der Waals surface area contributed by atoms with Crippen LogP contribution in [0.25, 0.3) is 0 Å². The Morgan fingerprint density at radius 1 is 1.62 bits per heavy atom. The highest BCUT2D eigenvalue weighted by Crippen LogP contribution is 2.25. The van der Waals surface area contributed by atoms with E-state index >= 15 is 0 Å². The van der Waals surface area contributed by atoms with Crippen LogP contribution in [0.15, 0.2) is 27.8 Å². The number of anilines is 1.